The lowest BCUT2D eigenvalue weighted by Crippen LogP contribution is -2.12. The number of halogens is 1. The minimum absolute atomic E-state index is 0.144. The topological polar surface area (TPSA) is 46.2 Å². The van der Waals surface area contributed by atoms with Gasteiger partial charge in [0.05, 0.1) is 0 Å². The van der Waals surface area contributed by atoms with Gasteiger partial charge in [0.2, 0.25) is 0 Å². The number of nitrogens with two attached hydrogens (primary N) is 1. The summed E-state index contributed by atoms with van der Waals surface area (Å²) in [6.45, 7) is 7.60. The standard InChI is InChI=1S/C13H18BrNO/c1-4-5-6-10(15)12-9(3)13(14)8(2)7-11(12)16/h4,7,10,16H,1,5-6,15H2,2-3H3/t10-/m0/s1. The van der Waals surface area contributed by atoms with E-state index in [0.717, 1.165) is 34.0 Å². The molecule has 3 heteroatoms. The molecule has 0 radical (unpaired) electrons. The summed E-state index contributed by atoms with van der Waals surface area (Å²) in [7, 11) is 0. The molecule has 0 bridgehead atoms. The van der Waals surface area contributed by atoms with Crippen LogP contribution in [0.4, 0.5) is 0 Å². The van der Waals surface area contributed by atoms with Crippen molar-refractivity contribution in [2.45, 2.75) is 32.7 Å². The van der Waals surface area contributed by atoms with Crippen molar-refractivity contribution < 1.29 is 5.11 Å². The number of aromatic hydroxyl groups is 1. The van der Waals surface area contributed by atoms with Crippen LogP contribution in [0.1, 0.15) is 35.6 Å². The van der Waals surface area contributed by atoms with Gasteiger partial charge in [0.25, 0.3) is 0 Å². The second-order valence-corrected chi connectivity index (χ2v) is 4.83. The monoisotopic (exact) mass is 283 g/mol. The zero-order valence-electron chi connectivity index (χ0n) is 9.76. The van der Waals surface area contributed by atoms with E-state index in [1.165, 1.54) is 0 Å². The third-order valence-corrected chi connectivity index (χ3v) is 3.98. The predicted molar refractivity (Wildman–Crippen MR) is 71.6 cm³/mol. The molecule has 0 aliphatic carbocycles. The molecule has 0 aliphatic rings. The van der Waals surface area contributed by atoms with Crippen LogP contribution in [0.3, 0.4) is 0 Å². The fourth-order valence-electron chi connectivity index (χ4n) is 1.86. The zero-order valence-corrected chi connectivity index (χ0v) is 11.3. The van der Waals surface area contributed by atoms with Gasteiger partial charge in [-0.05, 0) is 43.9 Å². The SMILES string of the molecule is C=CCC[C@H](N)c1c(O)cc(C)c(Br)c1C. The molecule has 3 N–H and O–H groups in total. The molecule has 1 aromatic carbocycles. The maximum absolute atomic E-state index is 9.94. The second kappa shape index (κ2) is 5.51. The molecule has 0 aromatic heterocycles. The summed E-state index contributed by atoms with van der Waals surface area (Å²) < 4.78 is 1.02. The van der Waals surface area contributed by atoms with Crippen LogP contribution in [0.5, 0.6) is 5.75 Å². The molecule has 1 atom stereocenters. The Morgan fingerprint density at radius 2 is 2.19 bits per heavy atom. The number of phenols is 1. The predicted octanol–water partition coefficient (Wildman–Crippen LogP) is 3.74. The highest BCUT2D eigenvalue weighted by atomic mass is 79.9. The summed E-state index contributed by atoms with van der Waals surface area (Å²) in [5.41, 5.74) is 8.95. The molecular formula is C13H18BrNO. The number of rotatable bonds is 4. The first-order valence-electron chi connectivity index (χ1n) is 5.34. The number of hydrogen-bond acceptors (Lipinski definition) is 2. The molecule has 1 aromatic rings. The first-order chi connectivity index (χ1) is 7.49. The molecule has 1 rings (SSSR count). The number of benzene rings is 1. The average Bonchev–Trinajstić information content (AvgIpc) is 2.23. The molecule has 2 nitrogen and oxygen atoms in total. The molecule has 88 valence electrons. The van der Waals surface area contributed by atoms with E-state index in [2.05, 4.69) is 22.5 Å². The van der Waals surface area contributed by atoms with E-state index in [1.807, 2.05) is 19.9 Å². The lowest BCUT2D eigenvalue weighted by Gasteiger charge is -2.18. The lowest BCUT2D eigenvalue weighted by molar-refractivity contribution is 0.457. The summed E-state index contributed by atoms with van der Waals surface area (Å²) in [4.78, 5) is 0. The molecule has 0 aliphatic heterocycles. The third-order valence-electron chi connectivity index (χ3n) is 2.76. The van der Waals surface area contributed by atoms with Gasteiger partial charge in [0.1, 0.15) is 5.75 Å². The summed E-state index contributed by atoms with van der Waals surface area (Å²) in [5, 5.41) is 9.94. The van der Waals surface area contributed by atoms with Crippen LogP contribution in [0.25, 0.3) is 0 Å². The highest BCUT2D eigenvalue weighted by Gasteiger charge is 2.16. The zero-order chi connectivity index (χ0) is 12.3. The molecule has 0 saturated carbocycles. The first-order valence-corrected chi connectivity index (χ1v) is 6.13. The fraction of sp³-hybridized carbons (Fsp3) is 0.385. The van der Waals surface area contributed by atoms with Crippen molar-refractivity contribution in [3.8, 4) is 5.75 Å². The highest BCUT2D eigenvalue weighted by molar-refractivity contribution is 9.10. The van der Waals surface area contributed by atoms with Crippen LogP contribution in [0.15, 0.2) is 23.2 Å². The Bertz CT molecular complexity index is 401. The fourth-order valence-corrected chi connectivity index (χ4v) is 2.19. The minimum Gasteiger partial charge on any atom is -0.508 e. The van der Waals surface area contributed by atoms with Gasteiger partial charge >= 0.3 is 0 Å². The van der Waals surface area contributed by atoms with E-state index in [1.54, 1.807) is 6.07 Å². The average molecular weight is 284 g/mol. The van der Waals surface area contributed by atoms with Crippen molar-refractivity contribution in [2.75, 3.05) is 0 Å². The molecule has 16 heavy (non-hydrogen) atoms. The van der Waals surface area contributed by atoms with Gasteiger partial charge < -0.3 is 10.8 Å². The Labute approximate surface area is 105 Å². The van der Waals surface area contributed by atoms with Crippen LogP contribution in [-0.2, 0) is 0 Å². The molecular weight excluding hydrogens is 266 g/mol. The number of aryl methyl sites for hydroxylation is 1. The van der Waals surface area contributed by atoms with Gasteiger partial charge in [0, 0.05) is 16.1 Å². The largest absolute Gasteiger partial charge is 0.508 e. The van der Waals surface area contributed by atoms with Crippen molar-refractivity contribution in [1.29, 1.82) is 0 Å². The van der Waals surface area contributed by atoms with Crippen LogP contribution in [-0.4, -0.2) is 5.11 Å². The maximum Gasteiger partial charge on any atom is 0.120 e. The Balaban J connectivity index is 3.12. The van der Waals surface area contributed by atoms with Gasteiger partial charge in [0.15, 0.2) is 0 Å². The van der Waals surface area contributed by atoms with Gasteiger partial charge in [-0.1, -0.05) is 22.0 Å². The van der Waals surface area contributed by atoms with Crippen LogP contribution < -0.4 is 5.73 Å². The van der Waals surface area contributed by atoms with E-state index >= 15 is 0 Å². The van der Waals surface area contributed by atoms with Crippen molar-refractivity contribution in [1.82, 2.24) is 0 Å². The molecule has 0 fully saturated rings. The van der Waals surface area contributed by atoms with Gasteiger partial charge in [-0.15, -0.1) is 6.58 Å². The van der Waals surface area contributed by atoms with Crippen LogP contribution in [0.2, 0.25) is 0 Å². The third kappa shape index (κ3) is 2.66. The molecule has 0 amide bonds. The molecule has 0 spiro atoms. The quantitative estimate of drug-likeness (QED) is 0.827. The van der Waals surface area contributed by atoms with E-state index in [-0.39, 0.29) is 11.8 Å². The molecule has 0 saturated heterocycles. The first kappa shape index (κ1) is 13.3. The molecule has 0 unspecified atom stereocenters. The second-order valence-electron chi connectivity index (χ2n) is 4.04. The number of phenolic OH excluding ortho intramolecular Hbond substituents is 1. The summed E-state index contributed by atoms with van der Waals surface area (Å²) in [6, 6.07) is 1.61. The van der Waals surface area contributed by atoms with Crippen molar-refractivity contribution in [2.24, 2.45) is 5.73 Å². The lowest BCUT2D eigenvalue weighted by atomic mass is 9.95. The van der Waals surface area contributed by atoms with Crippen LogP contribution >= 0.6 is 15.9 Å². The summed E-state index contributed by atoms with van der Waals surface area (Å²) in [5.74, 6) is 0.287. The number of hydrogen-bond donors (Lipinski definition) is 2. The summed E-state index contributed by atoms with van der Waals surface area (Å²) >= 11 is 3.51. The van der Waals surface area contributed by atoms with Gasteiger partial charge in [-0.3, -0.25) is 0 Å². The van der Waals surface area contributed by atoms with Crippen molar-refractivity contribution in [3.63, 3.8) is 0 Å². The van der Waals surface area contributed by atoms with E-state index < -0.39 is 0 Å². The van der Waals surface area contributed by atoms with Gasteiger partial charge in [-0.2, -0.15) is 0 Å². The Morgan fingerprint density at radius 3 is 2.75 bits per heavy atom. The Hall–Kier alpha value is -0.800. The van der Waals surface area contributed by atoms with E-state index in [9.17, 15) is 5.11 Å². The van der Waals surface area contributed by atoms with Crippen LogP contribution in [0, 0.1) is 13.8 Å². The maximum atomic E-state index is 9.94. The molecule has 0 heterocycles. The van der Waals surface area contributed by atoms with Crippen molar-refractivity contribution >= 4 is 15.9 Å². The smallest absolute Gasteiger partial charge is 0.120 e. The summed E-state index contributed by atoms with van der Waals surface area (Å²) in [6.07, 6.45) is 3.49. The Kier molecular flexibility index (Phi) is 4.56. The Morgan fingerprint density at radius 1 is 1.56 bits per heavy atom. The highest BCUT2D eigenvalue weighted by Crippen LogP contribution is 2.35. The normalized spacial score (nSPS) is 12.5. The van der Waals surface area contributed by atoms with Crippen molar-refractivity contribution in [3.05, 3.63) is 39.9 Å². The van der Waals surface area contributed by atoms with Gasteiger partial charge in [-0.25, -0.2) is 0 Å². The number of allylic oxidation sites excluding steroid dienone is 1. The van der Waals surface area contributed by atoms with E-state index in [4.69, 9.17) is 5.73 Å². The van der Waals surface area contributed by atoms with E-state index in [0.29, 0.717) is 0 Å². The minimum atomic E-state index is -0.144.